The predicted molar refractivity (Wildman–Crippen MR) is 83.9 cm³/mol. The van der Waals surface area contributed by atoms with Crippen LogP contribution in [0.4, 0.5) is 5.69 Å². The number of carbonyl (C=O) groups is 4. The first-order valence-electron chi connectivity index (χ1n) is 8.42. The zero-order valence-corrected chi connectivity index (χ0v) is 13.4. The number of carbonyl (C=O) groups excluding carboxylic acids is 4. The Morgan fingerprint density at radius 3 is 2.36 bits per heavy atom. The van der Waals surface area contributed by atoms with E-state index in [1.807, 2.05) is 0 Å². The highest BCUT2D eigenvalue weighted by Crippen LogP contribution is 2.56. The molecule has 130 valence electrons. The van der Waals surface area contributed by atoms with E-state index in [9.17, 15) is 24.3 Å². The summed E-state index contributed by atoms with van der Waals surface area (Å²) in [5, 5.41) is 13.4. The van der Waals surface area contributed by atoms with Gasteiger partial charge in [-0.1, -0.05) is 12.1 Å². The molecule has 1 N–H and O–H groups in total. The Morgan fingerprint density at radius 2 is 1.76 bits per heavy atom. The van der Waals surface area contributed by atoms with Crippen molar-refractivity contribution in [3.05, 3.63) is 29.8 Å². The summed E-state index contributed by atoms with van der Waals surface area (Å²) in [6, 6.07) is 5.65. The Balaban J connectivity index is 1.45. The van der Waals surface area contributed by atoms with Crippen molar-refractivity contribution in [2.45, 2.75) is 19.3 Å². The number of nitrogens with one attached hydrogen (secondary N) is 1. The minimum Gasteiger partial charge on any atom is -0.545 e. The molecule has 1 aromatic rings. The van der Waals surface area contributed by atoms with E-state index in [1.54, 1.807) is 0 Å². The van der Waals surface area contributed by atoms with Gasteiger partial charge in [0.25, 0.3) is 0 Å². The maximum absolute atomic E-state index is 12.6. The molecule has 1 saturated heterocycles. The number of hydrogen-bond donors (Lipinski definition) is 1. The molecular weight excluding hydrogens is 324 g/mol. The van der Waals surface area contributed by atoms with Crippen molar-refractivity contribution >= 4 is 29.4 Å². The van der Waals surface area contributed by atoms with Crippen LogP contribution in [0, 0.1) is 23.7 Å². The van der Waals surface area contributed by atoms with E-state index >= 15 is 0 Å². The lowest BCUT2D eigenvalue weighted by Gasteiger charge is -2.19. The van der Waals surface area contributed by atoms with Gasteiger partial charge in [0, 0.05) is 5.69 Å². The smallest absolute Gasteiger partial charge is 0.244 e. The molecule has 0 spiro atoms. The van der Waals surface area contributed by atoms with E-state index < -0.39 is 11.9 Å². The normalized spacial score (nSPS) is 29.8. The lowest BCUT2D eigenvalue weighted by molar-refractivity contribution is -0.255. The number of amides is 3. The summed E-state index contributed by atoms with van der Waals surface area (Å²) in [6.45, 7) is -0.334. The van der Waals surface area contributed by atoms with Crippen LogP contribution in [0.25, 0.3) is 0 Å². The molecule has 7 heteroatoms. The molecule has 0 radical (unpaired) electrons. The summed E-state index contributed by atoms with van der Waals surface area (Å²) in [6.07, 6.45) is 2.92. The number of carboxylic acid groups (broad SMARTS) is 1. The van der Waals surface area contributed by atoms with E-state index in [0.29, 0.717) is 0 Å². The average molecular weight is 341 g/mol. The maximum atomic E-state index is 12.6. The third-order valence-corrected chi connectivity index (χ3v) is 5.70. The third-order valence-electron chi connectivity index (χ3n) is 5.70. The quantitative estimate of drug-likeness (QED) is 0.777. The van der Waals surface area contributed by atoms with Crippen molar-refractivity contribution in [2.75, 3.05) is 11.9 Å². The van der Waals surface area contributed by atoms with Crippen molar-refractivity contribution < 1.29 is 24.3 Å². The van der Waals surface area contributed by atoms with Crippen LogP contribution < -0.4 is 10.4 Å². The van der Waals surface area contributed by atoms with Crippen molar-refractivity contribution in [3.8, 4) is 0 Å². The van der Waals surface area contributed by atoms with Crippen molar-refractivity contribution in [2.24, 2.45) is 23.7 Å². The molecule has 2 saturated carbocycles. The van der Waals surface area contributed by atoms with E-state index in [0.717, 1.165) is 24.2 Å². The highest BCUT2D eigenvalue weighted by Gasteiger charge is 2.60. The van der Waals surface area contributed by atoms with Gasteiger partial charge in [0.1, 0.15) is 6.54 Å². The number of hydrogen-bond acceptors (Lipinski definition) is 5. The zero-order valence-electron chi connectivity index (χ0n) is 13.4. The first-order chi connectivity index (χ1) is 12.0. The minimum absolute atomic E-state index is 0.0581. The van der Waals surface area contributed by atoms with Crippen molar-refractivity contribution in [1.82, 2.24) is 4.90 Å². The van der Waals surface area contributed by atoms with Gasteiger partial charge in [-0.2, -0.15) is 0 Å². The summed E-state index contributed by atoms with van der Waals surface area (Å²) in [7, 11) is 0. The number of imide groups is 1. The fraction of sp³-hybridized carbons (Fsp3) is 0.444. The van der Waals surface area contributed by atoms with E-state index in [1.165, 1.54) is 24.3 Å². The summed E-state index contributed by atoms with van der Waals surface area (Å²) in [5.41, 5.74) is 0.225. The van der Waals surface area contributed by atoms with Gasteiger partial charge in [0.15, 0.2) is 0 Å². The number of nitrogens with zero attached hydrogens (tertiary/aromatic N) is 1. The Kier molecular flexibility index (Phi) is 3.59. The van der Waals surface area contributed by atoms with Gasteiger partial charge in [-0.25, -0.2) is 0 Å². The highest BCUT2D eigenvalue weighted by molar-refractivity contribution is 6.09. The van der Waals surface area contributed by atoms with Gasteiger partial charge in [0.05, 0.1) is 17.8 Å². The van der Waals surface area contributed by atoms with Gasteiger partial charge in [0.2, 0.25) is 17.7 Å². The molecule has 7 nitrogen and oxygen atoms in total. The molecule has 1 heterocycles. The Bertz CT molecular complexity index is 761. The molecule has 0 unspecified atom stereocenters. The minimum atomic E-state index is -1.34. The Morgan fingerprint density at radius 1 is 1.12 bits per heavy atom. The van der Waals surface area contributed by atoms with Crippen molar-refractivity contribution in [1.29, 1.82) is 0 Å². The topological polar surface area (TPSA) is 107 Å². The standard InChI is InChI=1S/C18H18N2O5/c21-13(19-12-3-1-2-11(7-12)18(24)25)8-20-16(22)14-9-4-5-10(6-9)15(14)17(20)23/h1-3,7,9-10,14-15H,4-6,8H2,(H,19,21)(H,24,25)/p-1/t9-,10+,14-,15-/m0/s1. The van der Waals surface area contributed by atoms with E-state index in [-0.39, 0.29) is 53.3 Å². The molecule has 3 amide bonds. The number of anilines is 1. The number of benzene rings is 1. The largest absolute Gasteiger partial charge is 0.545 e. The van der Waals surface area contributed by atoms with Gasteiger partial charge in [-0.3, -0.25) is 19.3 Å². The Hall–Kier alpha value is -2.70. The molecular formula is C18H17N2O5-. The van der Waals surface area contributed by atoms with Crippen molar-refractivity contribution in [3.63, 3.8) is 0 Å². The van der Waals surface area contributed by atoms with Crippen LogP contribution >= 0.6 is 0 Å². The molecule has 2 bridgehead atoms. The monoisotopic (exact) mass is 341 g/mol. The molecule has 2 aliphatic carbocycles. The second-order valence-corrected chi connectivity index (χ2v) is 7.06. The second-order valence-electron chi connectivity index (χ2n) is 7.06. The zero-order chi connectivity index (χ0) is 17.7. The van der Waals surface area contributed by atoms with Crippen LogP contribution in [0.3, 0.4) is 0 Å². The summed E-state index contributed by atoms with van der Waals surface area (Å²) in [4.78, 5) is 49.3. The summed E-state index contributed by atoms with van der Waals surface area (Å²) in [5.74, 6) is -2.28. The van der Waals surface area contributed by atoms with Crippen LogP contribution in [-0.4, -0.2) is 35.1 Å². The van der Waals surface area contributed by atoms with Crippen LogP contribution in [-0.2, 0) is 14.4 Å². The first kappa shape index (κ1) is 15.8. The molecule has 1 aromatic carbocycles. The van der Waals surface area contributed by atoms with Crippen LogP contribution in [0.5, 0.6) is 0 Å². The van der Waals surface area contributed by atoms with E-state index in [2.05, 4.69) is 5.32 Å². The van der Waals surface area contributed by atoms with E-state index in [4.69, 9.17) is 0 Å². The van der Waals surface area contributed by atoms with Gasteiger partial charge in [-0.05, 0) is 48.8 Å². The fourth-order valence-electron chi connectivity index (χ4n) is 4.69. The number of carboxylic acids is 1. The number of rotatable bonds is 4. The van der Waals surface area contributed by atoms with Crippen LogP contribution in [0.2, 0.25) is 0 Å². The fourth-order valence-corrected chi connectivity index (χ4v) is 4.69. The van der Waals surface area contributed by atoms with Gasteiger partial charge < -0.3 is 15.2 Å². The molecule has 4 rings (SSSR count). The van der Waals surface area contributed by atoms with Gasteiger partial charge in [-0.15, -0.1) is 0 Å². The first-order valence-corrected chi connectivity index (χ1v) is 8.42. The molecule has 0 aromatic heterocycles. The lowest BCUT2D eigenvalue weighted by atomic mass is 9.81. The van der Waals surface area contributed by atoms with Crippen LogP contribution in [0.1, 0.15) is 29.6 Å². The average Bonchev–Trinajstić information content (AvgIpc) is 3.25. The third kappa shape index (κ3) is 2.50. The maximum Gasteiger partial charge on any atom is 0.244 e. The highest BCUT2D eigenvalue weighted by atomic mass is 16.4. The number of likely N-dealkylation sites (tertiary alicyclic amines) is 1. The summed E-state index contributed by atoms with van der Waals surface area (Å²) < 4.78 is 0. The SMILES string of the molecule is O=C(CN1C(=O)[C@H]2[C@@H]3CC[C@@H](C3)[C@@H]2C1=O)Nc1cccc(C(=O)[O-])c1. The second kappa shape index (κ2) is 5.68. The molecule has 3 fully saturated rings. The number of aromatic carboxylic acids is 1. The van der Waals surface area contributed by atoms with Crippen LogP contribution in [0.15, 0.2) is 24.3 Å². The summed E-state index contributed by atoms with van der Waals surface area (Å²) >= 11 is 0. The van der Waals surface area contributed by atoms with Gasteiger partial charge >= 0.3 is 0 Å². The molecule has 25 heavy (non-hydrogen) atoms. The molecule has 1 aliphatic heterocycles. The molecule has 3 aliphatic rings. The lowest BCUT2D eigenvalue weighted by Crippen LogP contribution is -2.39. The number of fused-ring (bicyclic) bond motifs is 5. The molecule has 4 atom stereocenters. The predicted octanol–water partition coefficient (Wildman–Crippen LogP) is 0.0197. The Labute approximate surface area is 144 Å².